The quantitative estimate of drug-likeness (QED) is 0.910. The number of carboxylic acid groups (broad SMARTS) is 1. The Morgan fingerprint density at radius 3 is 2.50 bits per heavy atom. The van der Waals surface area contributed by atoms with Crippen molar-refractivity contribution in [3.05, 3.63) is 65.5 Å². The van der Waals surface area contributed by atoms with E-state index in [4.69, 9.17) is 4.74 Å². The first-order valence-electron chi connectivity index (χ1n) is 6.26. The van der Waals surface area contributed by atoms with Crippen LogP contribution in [0.2, 0.25) is 0 Å². The van der Waals surface area contributed by atoms with E-state index in [0.717, 1.165) is 5.56 Å². The van der Waals surface area contributed by atoms with Crippen molar-refractivity contribution in [3.63, 3.8) is 0 Å². The molecule has 0 bridgehead atoms. The van der Waals surface area contributed by atoms with Crippen molar-refractivity contribution in [1.29, 1.82) is 0 Å². The maximum atomic E-state index is 13.6. The summed E-state index contributed by atoms with van der Waals surface area (Å²) in [6, 6.07) is 13.2. The molecule has 0 unspecified atom stereocenters. The molecule has 0 fully saturated rings. The molecular formula is C16H15FO3. The Balaban J connectivity index is 2.19. The van der Waals surface area contributed by atoms with Gasteiger partial charge in [-0.15, -0.1) is 0 Å². The maximum absolute atomic E-state index is 13.6. The molecule has 0 saturated carbocycles. The number of carboxylic acids is 1. The van der Waals surface area contributed by atoms with E-state index >= 15 is 0 Å². The minimum Gasteiger partial charge on any atom is -0.478 e. The predicted molar refractivity (Wildman–Crippen MR) is 73.3 cm³/mol. The molecule has 104 valence electrons. The largest absolute Gasteiger partial charge is 0.478 e. The second kappa shape index (κ2) is 6.19. The van der Waals surface area contributed by atoms with E-state index in [1.807, 2.05) is 19.1 Å². The molecule has 0 aliphatic heterocycles. The van der Waals surface area contributed by atoms with E-state index in [1.54, 1.807) is 30.3 Å². The van der Waals surface area contributed by atoms with Crippen LogP contribution in [0.5, 0.6) is 5.75 Å². The lowest BCUT2D eigenvalue weighted by Gasteiger charge is -2.17. The summed E-state index contributed by atoms with van der Waals surface area (Å²) >= 11 is 0. The van der Waals surface area contributed by atoms with Crippen LogP contribution >= 0.6 is 0 Å². The Bertz CT molecular complexity index is 563. The average molecular weight is 274 g/mol. The summed E-state index contributed by atoms with van der Waals surface area (Å²) in [5.74, 6) is -1.04. The standard InChI is InChI=1S/C16H15FO3/c1-11-6-2-5-9-14(11)20-15(16(18)19)10-12-7-3-4-8-13(12)17/h2-9,15H,10H2,1H3,(H,18,19)/t15-/m0/s1. The van der Waals surface area contributed by atoms with Crippen molar-refractivity contribution in [2.45, 2.75) is 19.4 Å². The number of benzene rings is 2. The zero-order valence-electron chi connectivity index (χ0n) is 11.0. The minimum atomic E-state index is -1.12. The van der Waals surface area contributed by atoms with Gasteiger partial charge in [0.1, 0.15) is 11.6 Å². The molecule has 2 aromatic carbocycles. The van der Waals surface area contributed by atoms with E-state index in [1.165, 1.54) is 6.07 Å². The molecule has 1 atom stereocenters. The van der Waals surface area contributed by atoms with Crippen LogP contribution in [-0.4, -0.2) is 17.2 Å². The molecule has 1 N–H and O–H groups in total. The average Bonchev–Trinajstić information content (AvgIpc) is 2.42. The monoisotopic (exact) mass is 274 g/mol. The van der Waals surface area contributed by atoms with E-state index in [9.17, 15) is 14.3 Å². The van der Waals surface area contributed by atoms with E-state index < -0.39 is 17.9 Å². The number of rotatable bonds is 5. The molecule has 0 spiro atoms. The van der Waals surface area contributed by atoms with Gasteiger partial charge in [-0.1, -0.05) is 36.4 Å². The zero-order valence-corrected chi connectivity index (χ0v) is 11.0. The lowest BCUT2D eigenvalue weighted by Crippen LogP contribution is -2.30. The van der Waals surface area contributed by atoms with Gasteiger partial charge in [0.05, 0.1) is 0 Å². The van der Waals surface area contributed by atoms with Gasteiger partial charge in [-0.25, -0.2) is 9.18 Å². The van der Waals surface area contributed by atoms with E-state index in [2.05, 4.69) is 0 Å². The number of hydrogen-bond donors (Lipinski definition) is 1. The van der Waals surface area contributed by atoms with E-state index in [0.29, 0.717) is 11.3 Å². The Hall–Kier alpha value is -2.36. The molecule has 0 radical (unpaired) electrons. The van der Waals surface area contributed by atoms with Gasteiger partial charge in [0.15, 0.2) is 6.10 Å². The second-order valence-corrected chi connectivity index (χ2v) is 4.51. The van der Waals surface area contributed by atoms with Gasteiger partial charge < -0.3 is 9.84 Å². The Labute approximate surface area is 116 Å². The number of aliphatic carboxylic acids is 1. The van der Waals surface area contributed by atoms with Crippen LogP contribution in [0.4, 0.5) is 4.39 Å². The van der Waals surface area contributed by atoms with Crippen LogP contribution < -0.4 is 4.74 Å². The highest BCUT2D eigenvalue weighted by atomic mass is 19.1. The number of hydrogen-bond acceptors (Lipinski definition) is 2. The van der Waals surface area contributed by atoms with Crippen molar-refractivity contribution in [2.24, 2.45) is 0 Å². The van der Waals surface area contributed by atoms with Crippen molar-refractivity contribution in [3.8, 4) is 5.75 Å². The van der Waals surface area contributed by atoms with Gasteiger partial charge in [-0.2, -0.15) is 0 Å². The molecule has 4 heteroatoms. The van der Waals surface area contributed by atoms with Crippen molar-refractivity contribution >= 4 is 5.97 Å². The van der Waals surface area contributed by atoms with Crippen LogP contribution in [0.25, 0.3) is 0 Å². The molecule has 0 saturated heterocycles. The van der Waals surface area contributed by atoms with Gasteiger partial charge in [0.2, 0.25) is 0 Å². The smallest absolute Gasteiger partial charge is 0.345 e. The summed E-state index contributed by atoms with van der Waals surface area (Å²) in [7, 11) is 0. The van der Waals surface area contributed by atoms with Gasteiger partial charge in [-0.05, 0) is 30.2 Å². The first-order chi connectivity index (χ1) is 9.58. The number of para-hydroxylation sites is 1. The fraction of sp³-hybridized carbons (Fsp3) is 0.188. The summed E-state index contributed by atoms with van der Waals surface area (Å²) in [6.07, 6.45) is -1.14. The number of aryl methyl sites for hydroxylation is 1. The lowest BCUT2D eigenvalue weighted by atomic mass is 10.1. The lowest BCUT2D eigenvalue weighted by molar-refractivity contribution is -0.145. The van der Waals surface area contributed by atoms with Crippen molar-refractivity contribution in [1.82, 2.24) is 0 Å². The summed E-state index contributed by atoms with van der Waals surface area (Å²) in [6.45, 7) is 1.83. The molecule has 0 heterocycles. The number of carbonyl (C=O) groups is 1. The third-order valence-corrected chi connectivity index (χ3v) is 3.00. The highest BCUT2D eigenvalue weighted by molar-refractivity contribution is 5.73. The Kier molecular flexibility index (Phi) is 4.35. The molecule has 0 aliphatic rings. The SMILES string of the molecule is Cc1ccccc1O[C@@H](Cc1ccccc1F)C(=O)O. The number of ether oxygens (including phenoxy) is 1. The minimum absolute atomic E-state index is 0.0175. The van der Waals surface area contributed by atoms with Crippen LogP contribution in [0.15, 0.2) is 48.5 Å². The first kappa shape index (κ1) is 14.1. The second-order valence-electron chi connectivity index (χ2n) is 4.51. The van der Waals surface area contributed by atoms with Gasteiger partial charge >= 0.3 is 5.97 Å². The van der Waals surface area contributed by atoms with Gasteiger partial charge in [0.25, 0.3) is 0 Å². The summed E-state index contributed by atoms with van der Waals surface area (Å²) in [4.78, 5) is 11.3. The summed E-state index contributed by atoms with van der Waals surface area (Å²) in [5, 5.41) is 9.23. The van der Waals surface area contributed by atoms with Crippen LogP contribution in [0, 0.1) is 12.7 Å². The zero-order chi connectivity index (χ0) is 14.5. The topological polar surface area (TPSA) is 46.5 Å². The van der Waals surface area contributed by atoms with Gasteiger partial charge in [0, 0.05) is 6.42 Å². The Morgan fingerprint density at radius 1 is 1.20 bits per heavy atom. The molecular weight excluding hydrogens is 259 g/mol. The third-order valence-electron chi connectivity index (χ3n) is 3.00. The van der Waals surface area contributed by atoms with Crippen LogP contribution in [0.1, 0.15) is 11.1 Å². The highest BCUT2D eigenvalue weighted by Crippen LogP contribution is 2.20. The van der Waals surface area contributed by atoms with Crippen molar-refractivity contribution < 1.29 is 19.0 Å². The molecule has 20 heavy (non-hydrogen) atoms. The Morgan fingerprint density at radius 2 is 1.85 bits per heavy atom. The molecule has 3 nitrogen and oxygen atoms in total. The predicted octanol–water partition coefficient (Wildman–Crippen LogP) is 3.21. The fourth-order valence-electron chi connectivity index (χ4n) is 1.88. The van der Waals surface area contributed by atoms with Crippen molar-refractivity contribution in [2.75, 3.05) is 0 Å². The molecule has 2 aromatic rings. The number of halogens is 1. The third kappa shape index (κ3) is 3.35. The summed E-state index contributed by atoms with van der Waals surface area (Å²) in [5.41, 5.74) is 1.17. The molecule has 0 aromatic heterocycles. The van der Waals surface area contributed by atoms with Crippen LogP contribution in [-0.2, 0) is 11.2 Å². The fourth-order valence-corrected chi connectivity index (χ4v) is 1.88. The van der Waals surface area contributed by atoms with Gasteiger partial charge in [-0.3, -0.25) is 0 Å². The normalized spacial score (nSPS) is 11.9. The highest BCUT2D eigenvalue weighted by Gasteiger charge is 2.22. The van der Waals surface area contributed by atoms with E-state index in [-0.39, 0.29) is 6.42 Å². The first-order valence-corrected chi connectivity index (χ1v) is 6.26. The van der Waals surface area contributed by atoms with Crippen LogP contribution in [0.3, 0.4) is 0 Å². The maximum Gasteiger partial charge on any atom is 0.345 e. The molecule has 2 rings (SSSR count). The molecule has 0 amide bonds. The summed E-state index contributed by atoms with van der Waals surface area (Å²) < 4.78 is 19.1. The molecule has 0 aliphatic carbocycles.